The van der Waals surface area contributed by atoms with Crippen LogP contribution in [-0.2, 0) is 49.6 Å². The first-order valence-electron chi connectivity index (χ1n) is 22.4. The van der Waals surface area contributed by atoms with E-state index in [1.165, 1.54) is 55.2 Å². The Labute approximate surface area is 398 Å². The van der Waals surface area contributed by atoms with Gasteiger partial charge in [-0.2, -0.15) is 0 Å². The predicted molar refractivity (Wildman–Crippen MR) is 254 cm³/mol. The van der Waals surface area contributed by atoms with Gasteiger partial charge in [0.1, 0.15) is 11.4 Å². The number of anilines is 4. The van der Waals surface area contributed by atoms with Crippen molar-refractivity contribution in [2.24, 2.45) is 35.2 Å². The van der Waals surface area contributed by atoms with Gasteiger partial charge in [-0.25, -0.2) is 15.0 Å². The molecule has 0 aliphatic rings. The molecule has 5 rings (SSSR count). The third-order valence-electron chi connectivity index (χ3n) is 10.5. The summed E-state index contributed by atoms with van der Waals surface area (Å²) in [4.78, 5) is 114. The van der Waals surface area contributed by atoms with Gasteiger partial charge in [-0.15, -0.1) is 0 Å². The van der Waals surface area contributed by atoms with Crippen LogP contribution in [0.15, 0.2) is 49.3 Å². The van der Waals surface area contributed by atoms with Crippen molar-refractivity contribution in [2.45, 2.75) is 51.4 Å². The highest BCUT2D eigenvalue weighted by atomic mass is 16.2. The number of aryl methyl sites for hydroxylation is 5. The number of hydrogen-bond acceptors (Lipinski definition) is 12. The zero-order valence-corrected chi connectivity index (χ0v) is 39.7. The zero-order valence-electron chi connectivity index (χ0n) is 39.7. The molecule has 0 saturated carbocycles. The largest absolute Gasteiger partial charge is 0.356 e. The molecule has 5 heterocycles. The second-order valence-corrected chi connectivity index (χ2v) is 16.2. The number of rotatable bonds is 26. The summed E-state index contributed by atoms with van der Waals surface area (Å²) in [6, 6.07) is 2.95. The summed E-state index contributed by atoms with van der Waals surface area (Å²) in [5, 5.41) is 24.6. The summed E-state index contributed by atoms with van der Waals surface area (Å²) in [5.41, 5.74) is 1.12. The highest BCUT2D eigenvalue weighted by Crippen LogP contribution is 2.17. The standard InChI is InChI=1S/C44H61N17O8/c1-45-15-10-8-7-9-11-16-46-34(62)12-17-50-42(67)38-55-32(26-60(38)5)53-35(63)13-18-49-41(66)31-23-29(25-59(31)4)52-44(69)39-56-33(27-61(39)6)54-36(64)14-19-48-40(65)30-22-28(24-58(30)3)51-43(68)37-47-20-21-57(37)2/h20-27,45H,7-19H2,1-6H3,(H,46,62)(H,48,65)(H,49,66)(H,50,67)(H,51,68)(H,52,69)(H,53,63)(H,54,64). The third-order valence-corrected chi connectivity index (χ3v) is 10.5. The zero-order chi connectivity index (χ0) is 50.0. The Balaban J connectivity index is 0.986. The lowest BCUT2D eigenvalue weighted by Gasteiger charge is -2.07. The highest BCUT2D eigenvalue weighted by molar-refractivity contribution is 6.04. The molecule has 0 saturated heterocycles. The summed E-state index contributed by atoms with van der Waals surface area (Å²) >= 11 is 0. The molecule has 0 bridgehead atoms. The van der Waals surface area contributed by atoms with Gasteiger partial charge in [-0.3, -0.25) is 38.4 Å². The second kappa shape index (κ2) is 25.2. The van der Waals surface area contributed by atoms with Crippen molar-refractivity contribution in [2.75, 3.05) is 61.0 Å². The third kappa shape index (κ3) is 15.5. The van der Waals surface area contributed by atoms with Crippen LogP contribution in [0.2, 0.25) is 0 Å². The van der Waals surface area contributed by atoms with E-state index in [1.54, 1.807) is 52.2 Å². The normalized spacial score (nSPS) is 10.9. The molecule has 69 heavy (non-hydrogen) atoms. The first-order valence-corrected chi connectivity index (χ1v) is 22.4. The Morgan fingerprint density at radius 3 is 1.39 bits per heavy atom. The molecule has 0 fully saturated rings. The van der Waals surface area contributed by atoms with Crippen LogP contribution < -0.4 is 47.9 Å². The van der Waals surface area contributed by atoms with Crippen LogP contribution in [0.3, 0.4) is 0 Å². The lowest BCUT2D eigenvalue weighted by Crippen LogP contribution is -2.32. The van der Waals surface area contributed by atoms with E-state index >= 15 is 0 Å². The number of unbranched alkanes of at least 4 members (excludes halogenated alkanes) is 4. The van der Waals surface area contributed by atoms with E-state index < -0.39 is 41.4 Å². The van der Waals surface area contributed by atoms with E-state index in [4.69, 9.17) is 0 Å². The van der Waals surface area contributed by atoms with Crippen LogP contribution in [0.5, 0.6) is 0 Å². The molecule has 0 spiro atoms. The summed E-state index contributed by atoms with van der Waals surface area (Å²) in [6.45, 7) is 1.66. The number of imidazole rings is 3. The topological polar surface area (TPSA) is 308 Å². The Kier molecular flexibility index (Phi) is 18.9. The smallest absolute Gasteiger partial charge is 0.291 e. The summed E-state index contributed by atoms with van der Waals surface area (Å²) in [6.07, 6.45) is 14.4. The second-order valence-electron chi connectivity index (χ2n) is 16.2. The van der Waals surface area contributed by atoms with Crippen molar-refractivity contribution in [1.29, 1.82) is 0 Å². The van der Waals surface area contributed by atoms with Gasteiger partial charge in [0.05, 0.1) is 11.4 Å². The first kappa shape index (κ1) is 51.9. The molecule has 0 aliphatic heterocycles. The molecule has 5 aromatic heterocycles. The molecule has 8 amide bonds. The van der Waals surface area contributed by atoms with Crippen molar-refractivity contribution in [3.8, 4) is 0 Å². The van der Waals surface area contributed by atoms with Gasteiger partial charge in [0.25, 0.3) is 29.5 Å². The molecule has 0 aromatic carbocycles. The number of amides is 8. The van der Waals surface area contributed by atoms with E-state index in [0.717, 1.165) is 38.6 Å². The van der Waals surface area contributed by atoms with Gasteiger partial charge in [0.2, 0.25) is 29.4 Å². The lowest BCUT2D eigenvalue weighted by atomic mass is 10.1. The minimum absolute atomic E-state index is 0.0150. The van der Waals surface area contributed by atoms with Gasteiger partial charge >= 0.3 is 0 Å². The van der Waals surface area contributed by atoms with E-state index in [9.17, 15) is 38.4 Å². The molecule has 25 heteroatoms. The molecule has 0 aliphatic carbocycles. The van der Waals surface area contributed by atoms with E-state index in [-0.39, 0.29) is 91.0 Å². The van der Waals surface area contributed by atoms with Crippen molar-refractivity contribution in [3.05, 3.63) is 78.2 Å². The van der Waals surface area contributed by atoms with E-state index in [1.807, 2.05) is 7.05 Å². The molecular formula is C44H61N17O8. The quantitative estimate of drug-likeness (QED) is 0.0351. The van der Waals surface area contributed by atoms with Crippen LogP contribution in [0, 0.1) is 0 Å². The molecule has 0 unspecified atom stereocenters. The van der Waals surface area contributed by atoms with Gasteiger partial charge in [-0.1, -0.05) is 19.3 Å². The van der Waals surface area contributed by atoms with Gasteiger partial charge in [-0.05, 0) is 38.6 Å². The number of nitrogens with zero attached hydrogens (tertiary/aromatic N) is 8. The minimum atomic E-state index is -0.622. The monoisotopic (exact) mass is 955 g/mol. The van der Waals surface area contributed by atoms with Crippen LogP contribution in [0.25, 0.3) is 0 Å². The molecule has 9 N–H and O–H groups in total. The maximum absolute atomic E-state index is 13.2. The summed E-state index contributed by atoms with van der Waals surface area (Å²) in [5.74, 6) is -3.18. The van der Waals surface area contributed by atoms with E-state index in [0.29, 0.717) is 12.2 Å². The van der Waals surface area contributed by atoms with Crippen LogP contribution in [0.4, 0.5) is 23.0 Å². The lowest BCUT2D eigenvalue weighted by molar-refractivity contribution is -0.121. The van der Waals surface area contributed by atoms with Gasteiger partial charge in [0, 0.05) is 118 Å². The maximum Gasteiger partial charge on any atom is 0.291 e. The number of aromatic nitrogens is 8. The predicted octanol–water partition coefficient (Wildman–Crippen LogP) is 0.992. The average Bonchev–Trinajstić information content (AvgIpc) is 4.13. The van der Waals surface area contributed by atoms with Crippen molar-refractivity contribution in [3.63, 3.8) is 0 Å². The van der Waals surface area contributed by atoms with E-state index in [2.05, 4.69) is 62.8 Å². The number of carbonyl (C=O) groups excluding carboxylic acids is 8. The van der Waals surface area contributed by atoms with Gasteiger partial charge in [0.15, 0.2) is 17.5 Å². The summed E-state index contributed by atoms with van der Waals surface area (Å²) in [7, 11) is 10.0. The SMILES string of the molecule is CNCCCCCCCNC(=O)CCNC(=O)c1nc(NC(=O)CCNC(=O)c2cc(NC(=O)c3nc(NC(=O)CCNC(=O)c4cc(NC(=O)c5nccn5C)cn4C)cn3C)cn2C)cn1C. The number of nitrogens with one attached hydrogen (secondary N) is 9. The molecular weight excluding hydrogens is 895 g/mol. The fourth-order valence-electron chi connectivity index (χ4n) is 6.96. The van der Waals surface area contributed by atoms with Crippen LogP contribution in [-0.4, -0.2) is 125 Å². The fraction of sp³-hybridized carbons (Fsp3) is 0.432. The molecule has 0 atom stereocenters. The van der Waals surface area contributed by atoms with Crippen LogP contribution in [0.1, 0.15) is 104 Å². The Morgan fingerprint density at radius 2 is 0.899 bits per heavy atom. The molecule has 5 aromatic rings. The molecule has 370 valence electrons. The average molecular weight is 956 g/mol. The fourth-order valence-corrected chi connectivity index (χ4v) is 6.96. The van der Waals surface area contributed by atoms with Crippen molar-refractivity contribution < 1.29 is 38.4 Å². The maximum atomic E-state index is 13.2. The highest BCUT2D eigenvalue weighted by Gasteiger charge is 2.21. The number of hydrogen-bond donors (Lipinski definition) is 9. The Hall–Kier alpha value is -8.09. The van der Waals surface area contributed by atoms with Crippen molar-refractivity contribution >= 4 is 70.3 Å². The van der Waals surface area contributed by atoms with Crippen molar-refractivity contribution in [1.82, 2.24) is 64.4 Å². The first-order chi connectivity index (χ1) is 33.0. The molecule has 0 radical (unpaired) electrons. The Morgan fingerprint density at radius 1 is 0.449 bits per heavy atom. The minimum Gasteiger partial charge on any atom is -0.356 e. The Bertz CT molecular complexity index is 2630. The van der Waals surface area contributed by atoms with Crippen LogP contribution >= 0.6 is 0 Å². The summed E-state index contributed by atoms with van der Waals surface area (Å²) < 4.78 is 7.46. The number of carbonyl (C=O) groups is 8. The molecule has 25 nitrogen and oxygen atoms in total. The van der Waals surface area contributed by atoms with Gasteiger partial charge < -0.3 is 70.7 Å².